The second-order valence-electron chi connectivity index (χ2n) is 10.6. The summed E-state index contributed by atoms with van der Waals surface area (Å²) in [6, 6.07) is 50.0. The minimum absolute atomic E-state index is 0.557. The standard InChI is InChI=1S/C40H24N2/c41-23-26-22-28(25-42-24-26)30-20-21-38(32-14-4-3-13-31(30)32)40-36-17-7-5-15-34(36)39(35-16-6-8-18-37(35)40)33-19-9-11-27-10-1-2-12-29(27)33/h1-22,24-25H. The molecule has 0 fully saturated rings. The summed E-state index contributed by atoms with van der Waals surface area (Å²) in [5, 5.41) is 19.2. The van der Waals surface area contributed by atoms with Crippen molar-refractivity contribution in [3.8, 4) is 39.4 Å². The van der Waals surface area contributed by atoms with Crippen molar-refractivity contribution in [2.75, 3.05) is 0 Å². The van der Waals surface area contributed by atoms with Gasteiger partial charge in [0.25, 0.3) is 0 Å². The molecule has 0 radical (unpaired) electrons. The van der Waals surface area contributed by atoms with Gasteiger partial charge in [-0.1, -0.05) is 127 Å². The fraction of sp³-hybridized carbons (Fsp3) is 0. The number of pyridine rings is 1. The number of fused-ring (bicyclic) bond motifs is 4. The Labute approximate surface area is 243 Å². The summed E-state index contributed by atoms with van der Waals surface area (Å²) in [4.78, 5) is 4.34. The maximum atomic E-state index is 9.49. The van der Waals surface area contributed by atoms with Crippen LogP contribution >= 0.6 is 0 Å². The lowest BCUT2D eigenvalue weighted by atomic mass is 9.83. The van der Waals surface area contributed by atoms with E-state index in [9.17, 15) is 5.26 Å². The number of benzene rings is 7. The number of aromatic nitrogens is 1. The van der Waals surface area contributed by atoms with Gasteiger partial charge in [0.05, 0.1) is 5.56 Å². The van der Waals surface area contributed by atoms with Gasteiger partial charge in [-0.2, -0.15) is 5.26 Å². The summed E-state index contributed by atoms with van der Waals surface area (Å²) < 4.78 is 0. The predicted molar refractivity (Wildman–Crippen MR) is 175 cm³/mol. The van der Waals surface area contributed by atoms with E-state index in [1.54, 1.807) is 6.20 Å². The molecule has 1 heterocycles. The first-order valence-electron chi connectivity index (χ1n) is 14.1. The minimum Gasteiger partial charge on any atom is -0.263 e. The van der Waals surface area contributed by atoms with E-state index in [2.05, 4.69) is 138 Å². The van der Waals surface area contributed by atoms with Crippen LogP contribution in [0.2, 0.25) is 0 Å². The summed E-state index contributed by atoms with van der Waals surface area (Å²) in [6.07, 6.45) is 3.45. The SMILES string of the molecule is N#Cc1cncc(-c2ccc(-c3c4ccccc4c(-c4cccc5ccccc45)c4ccccc34)c3ccccc23)c1. The molecule has 0 bridgehead atoms. The van der Waals surface area contributed by atoms with Crippen LogP contribution in [0.15, 0.2) is 146 Å². The minimum atomic E-state index is 0.557. The summed E-state index contributed by atoms with van der Waals surface area (Å²) in [6.45, 7) is 0. The second kappa shape index (κ2) is 9.70. The Hall–Kier alpha value is -5.78. The molecule has 0 aliphatic rings. The summed E-state index contributed by atoms with van der Waals surface area (Å²) in [5.41, 5.74) is 7.51. The van der Waals surface area contributed by atoms with Gasteiger partial charge in [0.1, 0.15) is 6.07 Å². The molecule has 0 aliphatic carbocycles. The maximum absolute atomic E-state index is 9.49. The van der Waals surface area contributed by atoms with Crippen molar-refractivity contribution < 1.29 is 0 Å². The number of rotatable bonds is 3. The van der Waals surface area contributed by atoms with Gasteiger partial charge < -0.3 is 0 Å². The molecule has 194 valence electrons. The van der Waals surface area contributed by atoms with Crippen LogP contribution in [0.4, 0.5) is 0 Å². The Morgan fingerprint density at radius 3 is 1.52 bits per heavy atom. The first-order chi connectivity index (χ1) is 20.8. The van der Waals surface area contributed by atoms with Crippen molar-refractivity contribution in [2.45, 2.75) is 0 Å². The first kappa shape index (κ1) is 24.1. The zero-order valence-corrected chi connectivity index (χ0v) is 22.8. The fourth-order valence-electron chi connectivity index (χ4n) is 6.57. The zero-order chi connectivity index (χ0) is 28.0. The van der Waals surface area contributed by atoms with Crippen LogP contribution in [0.1, 0.15) is 5.56 Å². The van der Waals surface area contributed by atoms with E-state index in [1.807, 2.05) is 12.3 Å². The van der Waals surface area contributed by atoms with Crippen LogP contribution in [0.25, 0.3) is 76.5 Å². The van der Waals surface area contributed by atoms with Gasteiger partial charge in [0.15, 0.2) is 0 Å². The lowest BCUT2D eigenvalue weighted by molar-refractivity contribution is 1.30. The largest absolute Gasteiger partial charge is 0.263 e. The second-order valence-corrected chi connectivity index (χ2v) is 10.6. The molecule has 7 aromatic carbocycles. The van der Waals surface area contributed by atoms with E-state index in [0.29, 0.717) is 5.56 Å². The van der Waals surface area contributed by atoms with Crippen LogP contribution in [0.5, 0.6) is 0 Å². The lowest BCUT2D eigenvalue weighted by Crippen LogP contribution is -1.93. The molecule has 0 spiro atoms. The van der Waals surface area contributed by atoms with Gasteiger partial charge in [0.2, 0.25) is 0 Å². The predicted octanol–water partition coefficient (Wildman–Crippen LogP) is 10.6. The van der Waals surface area contributed by atoms with Crippen molar-refractivity contribution in [1.29, 1.82) is 5.26 Å². The van der Waals surface area contributed by atoms with Gasteiger partial charge in [-0.15, -0.1) is 0 Å². The molecule has 2 heteroatoms. The van der Waals surface area contributed by atoms with E-state index in [4.69, 9.17) is 0 Å². The summed E-state index contributed by atoms with van der Waals surface area (Å²) in [5.74, 6) is 0. The highest BCUT2D eigenvalue weighted by Crippen LogP contribution is 2.47. The molecule has 8 rings (SSSR count). The third-order valence-corrected chi connectivity index (χ3v) is 8.36. The molecule has 8 aromatic rings. The molecule has 0 atom stereocenters. The molecule has 42 heavy (non-hydrogen) atoms. The van der Waals surface area contributed by atoms with Crippen molar-refractivity contribution in [3.05, 3.63) is 151 Å². The van der Waals surface area contributed by atoms with Gasteiger partial charge >= 0.3 is 0 Å². The summed E-state index contributed by atoms with van der Waals surface area (Å²) >= 11 is 0. The van der Waals surface area contributed by atoms with E-state index < -0.39 is 0 Å². The van der Waals surface area contributed by atoms with Crippen molar-refractivity contribution in [3.63, 3.8) is 0 Å². The molecular weight excluding hydrogens is 508 g/mol. The van der Waals surface area contributed by atoms with Crippen molar-refractivity contribution in [1.82, 2.24) is 4.98 Å². The smallest absolute Gasteiger partial charge is 0.101 e. The molecule has 0 saturated carbocycles. The third-order valence-electron chi connectivity index (χ3n) is 8.36. The van der Waals surface area contributed by atoms with E-state index in [1.165, 1.54) is 60.0 Å². The van der Waals surface area contributed by atoms with E-state index in [0.717, 1.165) is 16.5 Å². The number of nitriles is 1. The molecule has 0 unspecified atom stereocenters. The molecule has 0 saturated heterocycles. The van der Waals surface area contributed by atoms with Gasteiger partial charge in [-0.25, -0.2) is 0 Å². The van der Waals surface area contributed by atoms with Gasteiger partial charge in [-0.05, 0) is 77.0 Å². The third kappa shape index (κ3) is 3.69. The van der Waals surface area contributed by atoms with Crippen LogP contribution in [0, 0.1) is 11.3 Å². The monoisotopic (exact) mass is 532 g/mol. The number of hydrogen-bond acceptors (Lipinski definition) is 2. The Kier molecular flexibility index (Phi) is 5.55. The van der Waals surface area contributed by atoms with Gasteiger partial charge in [0, 0.05) is 18.0 Å². The normalized spacial score (nSPS) is 11.3. The van der Waals surface area contributed by atoms with E-state index in [-0.39, 0.29) is 0 Å². The van der Waals surface area contributed by atoms with Crippen LogP contribution in [0.3, 0.4) is 0 Å². The quantitative estimate of drug-likeness (QED) is 0.212. The Balaban J connectivity index is 1.49. The molecule has 0 aliphatic heterocycles. The van der Waals surface area contributed by atoms with Crippen LogP contribution in [-0.4, -0.2) is 4.98 Å². The first-order valence-corrected chi connectivity index (χ1v) is 14.1. The topological polar surface area (TPSA) is 36.7 Å². The molecular formula is C40H24N2. The number of hydrogen-bond donors (Lipinski definition) is 0. The average Bonchev–Trinajstić information content (AvgIpc) is 3.06. The van der Waals surface area contributed by atoms with Crippen LogP contribution in [-0.2, 0) is 0 Å². The van der Waals surface area contributed by atoms with Crippen molar-refractivity contribution >= 4 is 43.1 Å². The lowest BCUT2D eigenvalue weighted by Gasteiger charge is -2.20. The average molecular weight is 533 g/mol. The Bertz CT molecular complexity index is 2310. The molecule has 2 nitrogen and oxygen atoms in total. The highest BCUT2D eigenvalue weighted by atomic mass is 14.6. The highest BCUT2D eigenvalue weighted by molar-refractivity contribution is 6.25. The van der Waals surface area contributed by atoms with Crippen LogP contribution < -0.4 is 0 Å². The highest BCUT2D eigenvalue weighted by Gasteiger charge is 2.19. The molecule has 1 aromatic heterocycles. The van der Waals surface area contributed by atoms with Gasteiger partial charge in [-0.3, -0.25) is 4.98 Å². The van der Waals surface area contributed by atoms with E-state index >= 15 is 0 Å². The maximum Gasteiger partial charge on any atom is 0.101 e. The zero-order valence-electron chi connectivity index (χ0n) is 22.8. The Morgan fingerprint density at radius 1 is 0.429 bits per heavy atom. The summed E-state index contributed by atoms with van der Waals surface area (Å²) in [7, 11) is 0. The molecule has 0 amide bonds. The number of nitrogens with zero attached hydrogens (tertiary/aromatic N) is 2. The van der Waals surface area contributed by atoms with Crippen molar-refractivity contribution in [2.24, 2.45) is 0 Å². The molecule has 0 N–H and O–H groups in total. The fourth-order valence-corrected chi connectivity index (χ4v) is 6.57. The Morgan fingerprint density at radius 2 is 0.905 bits per heavy atom.